The summed E-state index contributed by atoms with van der Waals surface area (Å²) < 4.78 is 11.3. The van der Waals surface area contributed by atoms with Gasteiger partial charge in [0.1, 0.15) is 23.9 Å². The summed E-state index contributed by atoms with van der Waals surface area (Å²) in [5.74, 6) is 0.492. The minimum Gasteiger partial charge on any atom is -0.471 e. The van der Waals surface area contributed by atoms with Gasteiger partial charge in [-0.2, -0.15) is 0 Å². The van der Waals surface area contributed by atoms with Gasteiger partial charge in [-0.15, -0.1) is 0 Å². The summed E-state index contributed by atoms with van der Waals surface area (Å²) in [7, 11) is 0. The second-order valence-corrected chi connectivity index (χ2v) is 10.1. The third kappa shape index (κ3) is 4.09. The molecule has 6 nitrogen and oxygen atoms in total. The van der Waals surface area contributed by atoms with Crippen molar-refractivity contribution < 1.29 is 9.15 Å². The van der Waals surface area contributed by atoms with E-state index < -0.39 is 0 Å². The van der Waals surface area contributed by atoms with Crippen molar-refractivity contribution in [3.8, 4) is 45.2 Å². The Morgan fingerprint density at radius 2 is 1.31 bits per heavy atom. The summed E-state index contributed by atoms with van der Waals surface area (Å²) in [6, 6.07) is 37.7. The zero-order valence-electron chi connectivity index (χ0n) is 22.4. The Morgan fingerprint density at radius 3 is 2.07 bits per heavy atom. The topological polar surface area (TPSA) is 73.1 Å². The van der Waals surface area contributed by atoms with E-state index in [0.717, 1.165) is 60.9 Å². The first kappa shape index (κ1) is 24.1. The number of nitrogens with zero attached hydrogens (tertiary/aromatic N) is 3. The van der Waals surface area contributed by atoms with Crippen LogP contribution >= 0.6 is 0 Å². The highest BCUT2D eigenvalue weighted by Crippen LogP contribution is 2.44. The number of hydrogen-bond acceptors (Lipinski definition) is 6. The van der Waals surface area contributed by atoms with Crippen LogP contribution in [0.1, 0.15) is 11.9 Å². The van der Waals surface area contributed by atoms with Crippen molar-refractivity contribution in [2.24, 2.45) is 0 Å². The molecule has 42 heavy (non-hydrogen) atoms. The van der Waals surface area contributed by atoms with Crippen molar-refractivity contribution in [2.75, 3.05) is 0 Å². The molecule has 0 radical (unpaired) electrons. The van der Waals surface area contributed by atoms with Crippen LogP contribution in [0.4, 0.5) is 0 Å². The van der Waals surface area contributed by atoms with Crippen molar-refractivity contribution in [1.82, 2.24) is 20.3 Å². The molecule has 0 aliphatic carbocycles. The number of rotatable bonds is 5. The summed E-state index contributed by atoms with van der Waals surface area (Å²) in [6.45, 7) is 0. The number of oxazole rings is 1. The average Bonchev–Trinajstić information content (AvgIpc) is 3.80. The van der Waals surface area contributed by atoms with Crippen LogP contribution in [-0.4, -0.2) is 15.0 Å². The van der Waals surface area contributed by atoms with Crippen molar-refractivity contribution in [3.63, 3.8) is 0 Å². The molecule has 1 aliphatic rings. The molecule has 6 heteroatoms. The predicted molar refractivity (Wildman–Crippen MR) is 165 cm³/mol. The van der Waals surface area contributed by atoms with Gasteiger partial charge in [0.15, 0.2) is 0 Å². The number of hydrogen-bond donors (Lipinski definition) is 1. The van der Waals surface area contributed by atoms with E-state index in [1.165, 1.54) is 0 Å². The van der Waals surface area contributed by atoms with Crippen LogP contribution in [0, 0.1) is 0 Å². The molecular weight excluding hydrogens is 520 g/mol. The molecule has 7 aromatic rings. The molecule has 3 aromatic heterocycles. The van der Waals surface area contributed by atoms with E-state index in [4.69, 9.17) is 19.1 Å². The smallest absolute Gasteiger partial charge is 0.245 e. The highest BCUT2D eigenvalue weighted by Gasteiger charge is 2.21. The molecular formula is C36H24N4O2. The molecule has 1 aliphatic heterocycles. The molecule has 4 heterocycles. The fourth-order valence-corrected chi connectivity index (χ4v) is 5.76. The monoisotopic (exact) mass is 544 g/mol. The standard InChI is InChI=1S/C36H24N4O2/c1-2-8-23(9-3-1)24-16-17-27-28(22-24)34(30-13-7-15-32(40-30)36-38-19-21-42-36)26-11-5-4-10-25(26)33(27)29-12-6-14-31(39-29)35-37-18-20-41-35/h1-22,36,38H. The van der Waals surface area contributed by atoms with Gasteiger partial charge in [-0.1, -0.05) is 78.9 Å². The molecule has 0 saturated carbocycles. The quantitative estimate of drug-likeness (QED) is 0.219. The van der Waals surface area contributed by atoms with Crippen LogP contribution in [-0.2, 0) is 4.74 Å². The highest BCUT2D eigenvalue weighted by molar-refractivity contribution is 6.21. The Kier molecular flexibility index (Phi) is 5.74. The van der Waals surface area contributed by atoms with Gasteiger partial charge < -0.3 is 14.5 Å². The van der Waals surface area contributed by atoms with Gasteiger partial charge in [-0.25, -0.2) is 15.0 Å². The Morgan fingerprint density at radius 1 is 0.595 bits per heavy atom. The lowest BCUT2D eigenvalue weighted by molar-refractivity contribution is 0.150. The van der Waals surface area contributed by atoms with Crippen molar-refractivity contribution >= 4 is 21.5 Å². The molecule has 1 N–H and O–H groups in total. The molecule has 0 spiro atoms. The first-order valence-corrected chi connectivity index (χ1v) is 13.8. The van der Waals surface area contributed by atoms with E-state index in [1.807, 2.05) is 36.4 Å². The zero-order chi connectivity index (χ0) is 27.9. The maximum absolute atomic E-state index is 5.73. The molecule has 1 atom stereocenters. The normalized spacial score (nSPS) is 14.2. The zero-order valence-corrected chi connectivity index (χ0v) is 22.4. The van der Waals surface area contributed by atoms with E-state index in [0.29, 0.717) is 11.6 Å². The maximum atomic E-state index is 5.73. The number of fused-ring (bicyclic) bond motifs is 2. The molecule has 0 fully saturated rings. The number of ether oxygens (including phenoxy) is 1. The predicted octanol–water partition coefficient (Wildman–Crippen LogP) is 8.53. The van der Waals surface area contributed by atoms with E-state index >= 15 is 0 Å². The summed E-state index contributed by atoms with van der Waals surface area (Å²) in [4.78, 5) is 14.5. The lowest BCUT2D eigenvalue weighted by atomic mass is 9.87. The second kappa shape index (κ2) is 10.0. The molecule has 0 amide bonds. The van der Waals surface area contributed by atoms with Crippen molar-refractivity contribution in [1.29, 1.82) is 0 Å². The minimum atomic E-state index is -0.316. The number of aromatic nitrogens is 3. The number of benzene rings is 4. The van der Waals surface area contributed by atoms with Crippen LogP contribution in [0.15, 0.2) is 139 Å². The Balaban J connectivity index is 1.44. The molecule has 4 aromatic carbocycles. The first-order chi connectivity index (χ1) is 20.8. The summed E-state index contributed by atoms with van der Waals surface area (Å²) in [6.07, 6.45) is 6.34. The minimum absolute atomic E-state index is 0.316. The van der Waals surface area contributed by atoms with Crippen LogP contribution in [0.3, 0.4) is 0 Å². The molecule has 8 rings (SSSR count). The van der Waals surface area contributed by atoms with E-state index in [2.05, 4.69) is 83.1 Å². The number of nitrogens with one attached hydrogen (secondary N) is 1. The van der Waals surface area contributed by atoms with Crippen LogP contribution in [0.2, 0.25) is 0 Å². The molecule has 0 bridgehead atoms. The van der Waals surface area contributed by atoms with Gasteiger partial charge in [0.05, 0.1) is 17.6 Å². The Labute approximate surface area is 242 Å². The van der Waals surface area contributed by atoms with Crippen LogP contribution < -0.4 is 5.32 Å². The lowest BCUT2D eigenvalue weighted by Crippen LogP contribution is -2.13. The van der Waals surface area contributed by atoms with Crippen molar-refractivity contribution in [2.45, 2.75) is 6.23 Å². The third-order valence-electron chi connectivity index (χ3n) is 7.61. The van der Waals surface area contributed by atoms with Gasteiger partial charge in [0, 0.05) is 17.3 Å². The van der Waals surface area contributed by atoms with E-state index in [1.54, 1.807) is 24.9 Å². The van der Waals surface area contributed by atoms with E-state index in [9.17, 15) is 0 Å². The van der Waals surface area contributed by atoms with Gasteiger partial charge in [-0.05, 0) is 63.0 Å². The van der Waals surface area contributed by atoms with E-state index in [-0.39, 0.29) is 6.23 Å². The largest absolute Gasteiger partial charge is 0.471 e. The van der Waals surface area contributed by atoms with Gasteiger partial charge in [-0.3, -0.25) is 0 Å². The number of pyridine rings is 2. The van der Waals surface area contributed by atoms with Crippen LogP contribution in [0.5, 0.6) is 0 Å². The molecule has 0 saturated heterocycles. The summed E-state index contributed by atoms with van der Waals surface area (Å²) in [5.41, 5.74) is 7.64. The second-order valence-electron chi connectivity index (χ2n) is 10.1. The SMILES string of the molecule is C1=COC(c2cccc(-c3c4ccccc4c(-c4cccc(-c5ncco5)n4)c4ccc(-c5ccccc5)cc34)n2)N1. The maximum Gasteiger partial charge on any atom is 0.245 e. The lowest BCUT2D eigenvalue weighted by Gasteiger charge is -2.19. The highest BCUT2D eigenvalue weighted by atomic mass is 16.5. The average molecular weight is 545 g/mol. The summed E-state index contributed by atoms with van der Waals surface area (Å²) in [5, 5.41) is 7.58. The van der Waals surface area contributed by atoms with Gasteiger partial charge in [0.25, 0.3) is 0 Å². The van der Waals surface area contributed by atoms with Crippen LogP contribution in [0.25, 0.3) is 66.8 Å². The summed E-state index contributed by atoms with van der Waals surface area (Å²) >= 11 is 0. The van der Waals surface area contributed by atoms with Gasteiger partial charge in [0.2, 0.25) is 12.1 Å². The fraction of sp³-hybridized carbons (Fsp3) is 0.0278. The van der Waals surface area contributed by atoms with Crippen molar-refractivity contribution in [3.05, 3.63) is 140 Å². The Bertz CT molecular complexity index is 2100. The molecule has 1 unspecified atom stereocenters. The fourth-order valence-electron chi connectivity index (χ4n) is 5.76. The van der Waals surface area contributed by atoms with Gasteiger partial charge >= 0.3 is 0 Å². The Hall–Kier alpha value is -5.75. The molecule has 200 valence electrons. The first-order valence-electron chi connectivity index (χ1n) is 13.8. The third-order valence-corrected chi connectivity index (χ3v) is 7.61.